The van der Waals surface area contributed by atoms with Crippen LogP contribution in [-0.2, 0) is 38.7 Å². The van der Waals surface area contributed by atoms with Crippen molar-refractivity contribution in [3.8, 4) is 0 Å². The zero-order valence-electron chi connectivity index (χ0n) is 27.3. The maximum absolute atomic E-state index is 13.8. The van der Waals surface area contributed by atoms with Crippen molar-refractivity contribution < 1.29 is 35.9 Å². The quantitative estimate of drug-likeness (QED) is 0.388. The molecular formula is C33H45F3N4O5S. The molecule has 0 aromatic heterocycles. The molecule has 1 aliphatic heterocycles. The third-order valence-corrected chi connectivity index (χ3v) is 9.90. The maximum atomic E-state index is 13.8. The van der Waals surface area contributed by atoms with Gasteiger partial charge in [0, 0.05) is 38.1 Å². The number of nitrogens with one attached hydrogen (secondary N) is 2. The lowest BCUT2D eigenvalue weighted by atomic mass is 9.86. The Balaban J connectivity index is 1.56. The molecule has 1 unspecified atom stereocenters. The van der Waals surface area contributed by atoms with Gasteiger partial charge >= 0.3 is 12.3 Å². The van der Waals surface area contributed by atoms with E-state index in [0.29, 0.717) is 19.0 Å². The van der Waals surface area contributed by atoms with Gasteiger partial charge in [-0.2, -0.15) is 17.5 Å². The number of piperazine rings is 1. The molecule has 13 heteroatoms. The number of aryl methyl sites for hydroxylation is 1. The molecule has 0 bridgehead atoms. The molecule has 1 heterocycles. The first-order valence-corrected chi connectivity index (χ1v) is 17.0. The van der Waals surface area contributed by atoms with Crippen LogP contribution >= 0.6 is 0 Å². The molecule has 0 radical (unpaired) electrons. The monoisotopic (exact) mass is 666 g/mol. The van der Waals surface area contributed by atoms with Crippen LogP contribution in [-0.4, -0.2) is 66.4 Å². The number of carbonyl (C=O) groups excluding carboxylic acids is 2. The molecule has 9 nitrogen and oxygen atoms in total. The van der Waals surface area contributed by atoms with Crippen molar-refractivity contribution in [2.45, 2.75) is 108 Å². The number of ether oxygens (including phenoxy) is 1. The number of halogens is 3. The van der Waals surface area contributed by atoms with Crippen molar-refractivity contribution in [1.29, 1.82) is 0 Å². The van der Waals surface area contributed by atoms with E-state index in [1.165, 1.54) is 4.90 Å². The minimum absolute atomic E-state index is 0.0346. The van der Waals surface area contributed by atoms with E-state index in [1.54, 1.807) is 20.8 Å². The Kier molecular flexibility index (Phi) is 10.5. The van der Waals surface area contributed by atoms with Crippen LogP contribution in [0, 0.1) is 0 Å². The summed E-state index contributed by atoms with van der Waals surface area (Å²) in [6.07, 6.45) is -3.25. The van der Waals surface area contributed by atoms with Crippen molar-refractivity contribution in [2.75, 3.05) is 19.6 Å². The molecule has 0 spiro atoms. The predicted octanol–water partition coefficient (Wildman–Crippen LogP) is 5.79. The third-order valence-electron chi connectivity index (χ3n) is 7.95. The lowest BCUT2D eigenvalue weighted by Gasteiger charge is -2.40. The summed E-state index contributed by atoms with van der Waals surface area (Å²) in [5, 5.41) is 6.54. The highest BCUT2D eigenvalue weighted by Crippen LogP contribution is 2.33. The SMILES string of the molecule is CC(C)(C)NCc1ccc2c(c1)CCC[C@H]2NC(=O)CC1CN(C(=O)OC(C)(C)C)CCN1S(=O)(=O)c1cccc(C(F)(F)F)c1. The normalized spacial score (nSPS) is 19.8. The molecule has 0 saturated carbocycles. The lowest BCUT2D eigenvalue weighted by Crippen LogP contribution is -2.58. The van der Waals surface area contributed by atoms with Gasteiger partial charge < -0.3 is 20.3 Å². The molecule has 2 aromatic rings. The van der Waals surface area contributed by atoms with E-state index in [9.17, 15) is 31.2 Å². The molecule has 2 amide bonds. The molecule has 2 aliphatic rings. The van der Waals surface area contributed by atoms with Gasteiger partial charge in [0.15, 0.2) is 0 Å². The van der Waals surface area contributed by atoms with Crippen molar-refractivity contribution in [3.63, 3.8) is 0 Å². The Morgan fingerprint density at radius 3 is 2.37 bits per heavy atom. The second kappa shape index (κ2) is 13.5. The maximum Gasteiger partial charge on any atom is 0.416 e. The van der Waals surface area contributed by atoms with Crippen LogP contribution in [0.15, 0.2) is 47.4 Å². The van der Waals surface area contributed by atoms with Gasteiger partial charge in [-0.25, -0.2) is 13.2 Å². The van der Waals surface area contributed by atoms with E-state index in [2.05, 4.69) is 37.5 Å². The molecule has 1 fully saturated rings. The van der Waals surface area contributed by atoms with Gasteiger partial charge in [-0.3, -0.25) is 4.79 Å². The molecule has 2 N–H and O–H groups in total. The number of hydrogen-bond donors (Lipinski definition) is 2. The van der Waals surface area contributed by atoms with Crippen LogP contribution in [0.2, 0.25) is 0 Å². The number of hydrogen-bond acceptors (Lipinski definition) is 6. The number of fused-ring (bicyclic) bond motifs is 1. The smallest absolute Gasteiger partial charge is 0.416 e. The molecule has 254 valence electrons. The van der Waals surface area contributed by atoms with Gasteiger partial charge in [-0.15, -0.1) is 0 Å². The highest BCUT2D eigenvalue weighted by atomic mass is 32.2. The van der Waals surface area contributed by atoms with Crippen LogP contribution in [0.25, 0.3) is 0 Å². The van der Waals surface area contributed by atoms with Crippen LogP contribution in [0.5, 0.6) is 0 Å². The summed E-state index contributed by atoms with van der Waals surface area (Å²) < 4.78 is 74.3. The zero-order chi connectivity index (χ0) is 34.1. The van der Waals surface area contributed by atoms with Crippen molar-refractivity contribution >= 4 is 22.0 Å². The second-order valence-corrected chi connectivity index (χ2v) is 16.0. The standard InChI is InChI=1S/C33H45F3N4O5S/c1-31(2,3)37-20-22-13-14-27-23(17-22)9-7-12-28(27)38-29(41)19-25-21-39(30(42)45-32(4,5)6)15-16-40(25)46(43,44)26-11-8-10-24(18-26)33(34,35)36/h8,10-11,13-14,17-18,25,28,37H,7,9,12,15-16,19-21H2,1-6H3,(H,38,41)/t25?,28-/m1/s1. The van der Waals surface area contributed by atoms with Crippen LogP contribution < -0.4 is 10.6 Å². The fourth-order valence-corrected chi connectivity index (χ4v) is 7.40. The van der Waals surface area contributed by atoms with E-state index in [1.807, 2.05) is 12.1 Å². The topological polar surface area (TPSA) is 108 Å². The summed E-state index contributed by atoms with van der Waals surface area (Å²) in [6.45, 7) is 11.7. The average Bonchev–Trinajstić information content (AvgIpc) is 2.94. The molecule has 4 rings (SSSR count). The van der Waals surface area contributed by atoms with E-state index >= 15 is 0 Å². The van der Waals surface area contributed by atoms with E-state index in [-0.39, 0.29) is 37.6 Å². The highest BCUT2D eigenvalue weighted by molar-refractivity contribution is 7.89. The van der Waals surface area contributed by atoms with Gasteiger partial charge in [0.1, 0.15) is 5.60 Å². The first kappa shape index (κ1) is 35.7. The van der Waals surface area contributed by atoms with Gasteiger partial charge in [0.05, 0.1) is 22.5 Å². The first-order valence-electron chi connectivity index (χ1n) is 15.6. The molecule has 1 aliphatic carbocycles. The average molecular weight is 667 g/mol. The van der Waals surface area contributed by atoms with Crippen LogP contribution in [0.4, 0.5) is 18.0 Å². The van der Waals surface area contributed by atoms with E-state index < -0.39 is 50.3 Å². The minimum Gasteiger partial charge on any atom is -0.444 e. The number of alkyl halides is 3. The lowest BCUT2D eigenvalue weighted by molar-refractivity contribution is -0.137. The van der Waals surface area contributed by atoms with Crippen molar-refractivity contribution in [1.82, 2.24) is 19.8 Å². The van der Waals surface area contributed by atoms with Gasteiger partial charge in [0.25, 0.3) is 0 Å². The molecule has 2 aromatic carbocycles. The van der Waals surface area contributed by atoms with Crippen molar-refractivity contribution in [2.24, 2.45) is 0 Å². The number of sulfonamides is 1. The molecular weight excluding hydrogens is 621 g/mol. The third kappa shape index (κ3) is 9.22. The molecule has 1 saturated heterocycles. The number of benzene rings is 2. The second-order valence-electron chi connectivity index (χ2n) is 14.1. The fourth-order valence-electron chi connectivity index (χ4n) is 5.74. The Morgan fingerprint density at radius 1 is 1.00 bits per heavy atom. The number of nitrogens with zero attached hydrogens (tertiary/aromatic N) is 2. The highest BCUT2D eigenvalue weighted by Gasteiger charge is 2.41. The minimum atomic E-state index is -4.74. The van der Waals surface area contributed by atoms with E-state index in [4.69, 9.17) is 4.74 Å². The summed E-state index contributed by atoms with van der Waals surface area (Å²) in [6, 6.07) is 8.43. The van der Waals surface area contributed by atoms with Gasteiger partial charge in [-0.1, -0.05) is 24.3 Å². The Morgan fingerprint density at radius 2 is 1.72 bits per heavy atom. The summed E-state index contributed by atoms with van der Waals surface area (Å²) in [7, 11) is -4.46. The van der Waals surface area contributed by atoms with Crippen LogP contribution in [0.3, 0.4) is 0 Å². The Hall–Kier alpha value is -3.16. The van der Waals surface area contributed by atoms with E-state index in [0.717, 1.165) is 52.0 Å². The molecule has 46 heavy (non-hydrogen) atoms. The summed E-state index contributed by atoms with van der Waals surface area (Å²) in [4.78, 5) is 27.3. The predicted molar refractivity (Wildman–Crippen MR) is 168 cm³/mol. The van der Waals surface area contributed by atoms with Gasteiger partial charge in [-0.05, 0) is 95.7 Å². The Labute approximate surface area is 269 Å². The summed E-state index contributed by atoms with van der Waals surface area (Å²) in [5.41, 5.74) is 1.36. The number of rotatable bonds is 7. The Bertz CT molecular complexity index is 1530. The van der Waals surface area contributed by atoms with Gasteiger partial charge in [0.2, 0.25) is 15.9 Å². The summed E-state index contributed by atoms with van der Waals surface area (Å²) in [5.74, 6) is -0.420. The number of amides is 2. The number of carbonyl (C=O) groups is 2. The summed E-state index contributed by atoms with van der Waals surface area (Å²) >= 11 is 0. The van der Waals surface area contributed by atoms with Crippen LogP contribution in [0.1, 0.15) is 89.1 Å². The fraction of sp³-hybridized carbons (Fsp3) is 0.576. The first-order chi connectivity index (χ1) is 21.2. The zero-order valence-corrected chi connectivity index (χ0v) is 28.1. The largest absolute Gasteiger partial charge is 0.444 e. The molecule has 2 atom stereocenters. The van der Waals surface area contributed by atoms with Crippen molar-refractivity contribution in [3.05, 3.63) is 64.7 Å².